The standard InChI is InChI=1S/C17H27BrN2O/c1-12-6-7-13(8-14(12)18)15(9-19)20-10-16(2,3)21-17(4,5)11-20/h6-8,15H,9-11,19H2,1-5H3. The highest BCUT2D eigenvalue weighted by Gasteiger charge is 2.40. The predicted octanol–water partition coefficient (Wildman–Crippen LogP) is 3.65. The lowest BCUT2D eigenvalue weighted by atomic mass is 9.94. The minimum Gasteiger partial charge on any atom is -0.367 e. The van der Waals surface area contributed by atoms with E-state index in [1.54, 1.807) is 0 Å². The largest absolute Gasteiger partial charge is 0.367 e. The van der Waals surface area contributed by atoms with Gasteiger partial charge in [-0.15, -0.1) is 0 Å². The second-order valence-electron chi connectivity index (χ2n) is 7.29. The van der Waals surface area contributed by atoms with Crippen LogP contribution in [0.25, 0.3) is 0 Å². The molecule has 2 rings (SSSR count). The minimum atomic E-state index is -0.156. The fraction of sp³-hybridized carbons (Fsp3) is 0.647. The van der Waals surface area contributed by atoms with E-state index in [1.165, 1.54) is 11.1 Å². The monoisotopic (exact) mass is 354 g/mol. The van der Waals surface area contributed by atoms with Gasteiger partial charge in [0.25, 0.3) is 0 Å². The first kappa shape index (κ1) is 16.9. The zero-order chi connectivity index (χ0) is 15.8. The average molecular weight is 355 g/mol. The SMILES string of the molecule is Cc1ccc(C(CN)N2CC(C)(C)OC(C)(C)C2)cc1Br. The van der Waals surface area contributed by atoms with Gasteiger partial charge in [-0.05, 0) is 51.8 Å². The second-order valence-corrected chi connectivity index (χ2v) is 8.14. The van der Waals surface area contributed by atoms with Crippen molar-refractivity contribution in [2.45, 2.75) is 51.9 Å². The summed E-state index contributed by atoms with van der Waals surface area (Å²) in [6, 6.07) is 6.76. The van der Waals surface area contributed by atoms with E-state index in [4.69, 9.17) is 10.5 Å². The number of nitrogens with two attached hydrogens (primary N) is 1. The number of ether oxygens (including phenoxy) is 1. The molecule has 4 heteroatoms. The third-order valence-electron chi connectivity index (χ3n) is 3.97. The summed E-state index contributed by atoms with van der Waals surface area (Å²) in [6.45, 7) is 13.1. The first-order chi connectivity index (χ1) is 9.63. The highest BCUT2D eigenvalue weighted by molar-refractivity contribution is 9.10. The molecule has 1 unspecified atom stereocenters. The fourth-order valence-corrected chi connectivity index (χ4v) is 3.78. The molecule has 0 aromatic heterocycles. The molecule has 118 valence electrons. The van der Waals surface area contributed by atoms with Crippen LogP contribution in [0.2, 0.25) is 0 Å². The number of morpholine rings is 1. The second kappa shape index (κ2) is 5.99. The summed E-state index contributed by atoms with van der Waals surface area (Å²) < 4.78 is 7.32. The molecule has 1 fully saturated rings. The molecule has 1 aliphatic rings. The van der Waals surface area contributed by atoms with Crippen LogP contribution in [-0.4, -0.2) is 35.7 Å². The zero-order valence-corrected chi connectivity index (χ0v) is 15.3. The van der Waals surface area contributed by atoms with Crippen molar-refractivity contribution in [1.82, 2.24) is 4.90 Å². The molecule has 1 aromatic rings. The molecule has 1 aliphatic heterocycles. The third-order valence-corrected chi connectivity index (χ3v) is 4.82. The Morgan fingerprint density at radius 3 is 2.29 bits per heavy atom. The van der Waals surface area contributed by atoms with Gasteiger partial charge in [0.15, 0.2) is 0 Å². The van der Waals surface area contributed by atoms with E-state index >= 15 is 0 Å². The van der Waals surface area contributed by atoms with E-state index in [1.807, 2.05) is 0 Å². The van der Waals surface area contributed by atoms with Crippen LogP contribution in [0.15, 0.2) is 22.7 Å². The number of benzene rings is 1. The fourth-order valence-electron chi connectivity index (χ4n) is 3.38. The number of aryl methyl sites for hydroxylation is 1. The molecule has 2 N–H and O–H groups in total. The first-order valence-electron chi connectivity index (χ1n) is 7.54. The number of hydrogen-bond donors (Lipinski definition) is 1. The molecule has 1 saturated heterocycles. The molecule has 0 amide bonds. The Kier molecular flexibility index (Phi) is 4.84. The molecular formula is C17H27BrN2O. The van der Waals surface area contributed by atoms with Gasteiger partial charge in [-0.1, -0.05) is 28.1 Å². The molecule has 21 heavy (non-hydrogen) atoms. The Morgan fingerprint density at radius 2 is 1.81 bits per heavy atom. The summed E-state index contributed by atoms with van der Waals surface area (Å²) in [5, 5.41) is 0. The van der Waals surface area contributed by atoms with Crippen molar-refractivity contribution < 1.29 is 4.74 Å². The highest BCUT2D eigenvalue weighted by atomic mass is 79.9. The number of halogens is 1. The van der Waals surface area contributed by atoms with Crippen LogP contribution in [0, 0.1) is 6.92 Å². The average Bonchev–Trinajstić information content (AvgIpc) is 2.30. The summed E-state index contributed by atoms with van der Waals surface area (Å²) in [5.41, 5.74) is 8.31. The van der Waals surface area contributed by atoms with E-state index in [-0.39, 0.29) is 17.2 Å². The van der Waals surface area contributed by atoms with Gasteiger partial charge in [0.1, 0.15) is 0 Å². The number of nitrogens with zero attached hydrogens (tertiary/aromatic N) is 1. The van der Waals surface area contributed by atoms with Crippen molar-refractivity contribution in [3.05, 3.63) is 33.8 Å². The van der Waals surface area contributed by atoms with Crippen molar-refractivity contribution in [1.29, 1.82) is 0 Å². The maximum Gasteiger partial charge on any atom is 0.0761 e. The lowest BCUT2D eigenvalue weighted by Crippen LogP contribution is -2.58. The Labute approximate surface area is 137 Å². The first-order valence-corrected chi connectivity index (χ1v) is 8.33. The van der Waals surface area contributed by atoms with Gasteiger partial charge in [-0.3, -0.25) is 4.90 Å². The van der Waals surface area contributed by atoms with Gasteiger partial charge in [0, 0.05) is 30.1 Å². The lowest BCUT2D eigenvalue weighted by Gasteiger charge is -2.49. The molecule has 1 heterocycles. The van der Waals surface area contributed by atoms with E-state index in [2.05, 4.69) is 73.6 Å². The number of rotatable bonds is 3. The van der Waals surface area contributed by atoms with Gasteiger partial charge in [-0.2, -0.15) is 0 Å². The number of hydrogen-bond acceptors (Lipinski definition) is 3. The molecular weight excluding hydrogens is 328 g/mol. The van der Waals surface area contributed by atoms with Crippen LogP contribution in [0.4, 0.5) is 0 Å². The van der Waals surface area contributed by atoms with Crippen molar-refractivity contribution >= 4 is 15.9 Å². The normalized spacial score (nSPS) is 23.0. The van der Waals surface area contributed by atoms with E-state index in [0.717, 1.165) is 17.6 Å². The molecule has 0 saturated carbocycles. The van der Waals surface area contributed by atoms with Gasteiger partial charge in [0.2, 0.25) is 0 Å². The van der Waals surface area contributed by atoms with Gasteiger partial charge < -0.3 is 10.5 Å². The van der Waals surface area contributed by atoms with Crippen LogP contribution in [0.5, 0.6) is 0 Å². The van der Waals surface area contributed by atoms with Crippen molar-refractivity contribution in [3.8, 4) is 0 Å². The van der Waals surface area contributed by atoms with Crippen LogP contribution >= 0.6 is 15.9 Å². The third kappa shape index (κ3) is 4.07. The molecule has 0 spiro atoms. The molecule has 1 aromatic carbocycles. The van der Waals surface area contributed by atoms with Crippen molar-refractivity contribution in [3.63, 3.8) is 0 Å². The summed E-state index contributed by atoms with van der Waals surface area (Å²) >= 11 is 3.63. The van der Waals surface area contributed by atoms with E-state index < -0.39 is 0 Å². The Morgan fingerprint density at radius 1 is 1.24 bits per heavy atom. The molecule has 1 atom stereocenters. The smallest absolute Gasteiger partial charge is 0.0761 e. The van der Waals surface area contributed by atoms with Gasteiger partial charge >= 0.3 is 0 Å². The van der Waals surface area contributed by atoms with E-state index in [0.29, 0.717) is 6.54 Å². The zero-order valence-electron chi connectivity index (χ0n) is 13.7. The highest BCUT2D eigenvalue weighted by Crippen LogP contribution is 2.34. The van der Waals surface area contributed by atoms with Crippen LogP contribution < -0.4 is 5.73 Å². The van der Waals surface area contributed by atoms with Crippen LogP contribution in [-0.2, 0) is 4.74 Å². The van der Waals surface area contributed by atoms with Crippen molar-refractivity contribution in [2.24, 2.45) is 5.73 Å². The molecule has 0 radical (unpaired) electrons. The summed E-state index contributed by atoms with van der Waals surface area (Å²) in [5.74, 6) is 0. The van der Waals surface area contributed by atoms with Gasteiger partial charge in [-0.25, -0.2) is 0 Å². The van der Waals surface area contributed by atoms with Gasteiger partial charge in [0.05, 0.1) is 11.2 Å². The van der Waals surface area contributed by atoms with E-state index in [9.17, 15) is 0 Å². The molecule has 0 bridgehead atoms. The lowest BCUT2D eigenvalue weighted by molar-refractivity contribution is -0.187. The predicted molar refractivity (Wildman–Crippen MR) is 91.5 cm³/mol. The molecule has 0 aliphatic carbocycles. The topological polar surface area (TPSA) is 38.5 Å². The maximum atomic E-state index is 6.17. The van der Waals surface area contributed by atoms with Crippen molar-refractivity contribution in [2.75, 3.05) is 19.6 Å². The molecule has 3 nitrogen and oxygen atoms in total. The Bertz CT molecular complexity index is 498. The Balaban J connectivity index is 2.29. The van der Waals surface area contributed by atoms with Crippen LogP contribution in [0.1, 0.15) is 44.9 Å². The summed E-state index contributed by atoms with van der Waals surface area (Å²) in [4.78, 5) is 2.46. The van der Waals surface area contributed by atoms with Crippen LogP contribution in [0.3, 0.4) is 0 Å². The maximum absolute atomic E-state index is 6.17. The quantitative estimate of drug-likeness (QED) is 0.900. The Hall–Kier alpha value is -0.420. The minimum absolute atomic E-state index is 0.156. The summed E-state index contributed by atoms with van der Waals surface area (Å²) in [7, 11) is 0. The summed E-state index contributed by atoms with van der Waals surface area (Å²) in [6.07, 6.45) is 0.